The van der Waals surface area contributed by atoms with Gasteiger partial charge in [-0.1, -0.05) is 19.4 Å². The number of hydrogen-bond acceptors (Lipinski definition) is 3. The number of piperidine rings is 1. The molecule has 1 saturated carbocycles. The van der Waals surface area contributed by atoms with Crippen molar-refractivity contribution < 1.29 is 9.59 Å². The Morgan fingerprint density at radius 2 is 1.83 bits per heavy atom. The van der Waals surface area contributed by atoms with Crippen LogP contribution in [0, 0.1) is 11.8 Å². The van der Waals surface area contributed by atoms with Gasteiger partial charge in [0.15, 0.2) is 0 Å². The number of nitrogens with zero attached hydrogens (tertiary/aromatic N) is 1. The molecule has 1 aromatic carbocycles. The molecule has 6 heteroatoms. The predicted molar refractivity (Wildman–Crippen MR) is 94.7 cm³/mol. The van der Waals surface area contributed by atoms with Gasteiger partial charge in [-0.05, 0) is 49.8 Å². The van der Waals surface area contributed by atoms with Crippen LogP contribution in [0.15, 0.2) is 24.3 Å². The van der Waals surface area contributed by atoms with Gasteiger partial charge >= 0.3 is 6.03 Å². The van der Waals surface area contributed by atoms with Crippen molar-refractivity contribution >= 4 is 23.3 Å². The number of anilines is 2. The van der Waals surface area contributed by atoms with Gasteiger partial charge in [0.2, 0.25) is 5.91 Å². The van der Waals surface area contributed by atoms with E-state index in [9.17, 15) is 9.59 Å². The Hall–Kier alpha value is -2.24. The molecule has 3 rings (SSSR count). The van der Waals surface area contributed by atoms with Gasteiger partial charge in [-0.15, -0.1) is 0 Å². The van der Waals surface area contributed by atoms with Crippen LogP contribution in [0.25, 0.3) is 0 Å². The third-order valence-corrected chi connectivity index (χ3v) is 5.03. The average Bonchev–Trinajstić information content (AvgIpc) is 2.52. The minimum atomic E-state index is -0.424. The van der Waals surface area contributed by atoms with Crippen molar-refractivity contribution in [3.05, 3.63) is 24.3 Å². The molecule has 0 unspecified atom stereocenters. The summed E-state index contributed by atoms with van der Waals surface area (Å²) in [7, 11) is 0. The second kappa shape index (κ2) is 7.55. The summed E-state index contributed by atoms with van der Waals surface area (Å²) in [5, 5.41) is 2.77. The molecule has 1 saturated heterocycles. The third-order valence-electron chi connectivity index (χ3n) is 5.03. The molecule has 0 atom stereocenters. The minimum absolute atomic E-state index is 0.0510. The maximum absolute atomic E-state index is 11.9. The van der Waals surface area contributed by atoms with Crippen LogP contribution in [0.2, 0.25) is 0 Å². The number of benzene rings is 1. The van der Waals surface area contributed by atoms with Crippen molar-refractivity contribution in [2.24, 2.45) is 11.8 Å². The zero-order chi connectivity index (χ0) is 16.9. The van der Waals surface area contributed by atoms with Gasteiger partial charge in [-0.3, -0.25) is 10.2 Å². The Kier molecular flexibility index (Phi) is 5.23. The second-order valence-electron chi connectivity index (χ2n) is 6.92. The first-order valence-electron chi connectivity index (χ1n) is 8.83. The minimum Gasteiger partial charge on any atom is -0.371 e. The largest absolute Gasteiger partial charge is 0.371 e. The highest BCUT2D eigenvalue weighted by Gasteiger charge is 2.25. The molecule has 2 aliphatic rings. The number of hydrogen-bond donors (Lipinski definition) is 3. The molecule has 1 aliphatic carbocycles. The smallest absolute Gasteiger partial charge is 0.337 e. The predicted octanol–water partition coefficient (Wildman–Crippen LogP) is 2.88. The summed E-state index contributed by atoms with van der Waals surface area (Å²) in [5.41, 5.74) is 6.74. The van der Waals surface area contributed by atoms with Crippen LogP contribution in [0.4, 0.5) is 16.2 Å². The molecule has 0 spiro atoms. The molecule has 3 N–H and O–H groups in total. The van der Waals surface area contributed by atoms with Crippen LogP contribution in [-0.4, -0.2) is 25.0 Å². The van der Waals surface area contributed by atoms with Crippen LogP contribution in [0.5, 0.6) is 0 Å². The maximum atomic E-state index is 11.9. The van der Waals surface area contributed by atoms with E-state index in [2.05, 4.69) is 34.1 Å². The van der Waals surface area contributed by atoms with Crippen molar-refractivity contribution in [3.63, 3.8) is 0 Å². The monoisotopic (exact) mass is 330 g/mol. The van der Waals surface area contributed by atoms with Gasteiger partial charge < -0.3 is 10.2 Å². The second-order valence-corrected chi connectivity index (χ2v) is 6.92. The first kappa shape index (κ1) is 16.6. The standard InChI is InChI=1S/C18H26N4O2/c1-13-8-10-22(11-9-13)16-7-3-6-15(12-16)19-18(24)21-20-17(23)14-4-2-5-14/h3,6-7,12-14H,2,4-5,8-11H2,1H3,(H,20,23)(H2,19,21,24). The lowest BCUT2D eigenvalue weighted by atomic mass is 9.85. The van der Waals surface area contributed by atoms with E-state index in [4.69, 9.17) is 0 Å². The van der Waals surface area contributed by atoms with Gasteiger partial charge in [-0.2, -0.15) is 0 Å². The molecular formula is C18H26N4O2. The highest BCUT2D eigenvalue weighted by atomic mass is 16.2. The molecule has 0 bridgehead atoms. The van der Waals surface area contributed by atoms with Crippen molar-refractivity contribution in [2.45, 2.75) is 39.0 Å². The Morgan fingerprint density at radius 1 is 1.08 bits per heavy atom. The number of carbonyl (C=O) groups is 2. The molecule has 6 nitrogen and oxygen atoms in total. The van der Waals surface area contributed by atoms with Crippen molar-refractivity contribution in [1.82, 2.24) is 10.9 Å². The number of amides is 3. The van der Waals surface area contributed by atoms with Gasteiger partial charge in [0.25, 0.3) is 0 Å². The van der Waals surface area contributed by atoms with E-state index in [1.807, 2.05) is 18.2 Å². The average molecular weight is 330 g/mol. The van der Waals surface area contributed by atoms with E-state index in [1.165, 1.54) is 12.8 Å². The maximum Gasteiger partial charge on any atom is 0.337 e. The highest BCUT2D eigenvalue weighted by molar-refractivity contribution is 5.91. The summed E-state index contributed by atoms with van der Waals surface area (Å²) in [6.07, 6.45) is 5.31. The zero-order valence-corrected chi connectivity index (χ0v) is 14.2. The Bertz CT molecular complexity index is 592. The number of nitrogens with one attached hydrogen (secondary N) is 3. The lowest BCUT2D eigenvalue weighted by molar-refractivity contribution is -0.128. The Labute approximate surface area is 143 Å². The summed E-state index contributed by atoms with van der Waals surface area (Å²) in [4.78, 5) is 26.0. The fourth-order valence-electron chi connectivity index (χ4n) is 3.10. The molecule has 3 amide bonds. The number of rotatable bonds is 3. The fourth-order valence-corrected chi connectivity index (χ4v) is 3.10. The van der Waals surface area contributed by atoms with Gasteiger partial charge in [0.1, 0.15) is 0 Å². The summed E-state index contributed by atoms with van der Waals surface area (Å²) in [6.45, 7) is 4.39. The summed E-state index contributed by atoms with van der Waals surface area (Å²) in [6, 6.07) is 7.41. The van der Waals surface area contributed by atoms with Crippen molar-refractivity contribution in [1.29, 1.82) is 0 Å². The molecule has 1 aromatic rings. The molecular weight excluding hydrogens is 304 g/mol. The van der Waals surface area contributed by atoms with Gasteiger partial charge in [-0.25, -0.2) is 10.2 Å². The fraction of sp³-hybridized carbons (Fsp3) is 0.556. The first-order chi connectivity index (χ1) is 11.6. The van der Waals surface area contributed by atoms with Gasteiger partial charge in [0.05, 0.1) is 0 Å². The lowest BCUT2D eigenvalue weighted by Gasteiger charge is -2.32. The van der Waals surface area contributed by atoms with E-state index in [-0.39, 0.29) is 11.8 Å². The van der Waals surface area contributed by atoms with E-state index in [0.717, 1.165) is 49.6 Å². The molecule has 1 heterocycles. The third kappa shape index (κ3) is 4.19. The number of hydrazine groups is 1. The van der Waals surface area contributed by atoms with E-state index >= 15 is 0 Å². The number of urea groups is 1. The van der Waals surface area contributed by atoms with Crippen molar-refractivity contribution in [3.8, 4) is 0 Å². The lowest BCUT2D eigenvalue weighted by Crippen LogP contribution is -2.47. The highest BCUT2D eigenvalue weighted by Crippen LogP contribution is 2.26. The summed E-state index contributed by atoms with van der Waals surface area (Å²) >= 11 is 0. The Morgan fingerprint density at radius 3 is 2.50 bits per heavy atom. The normalized spacial score (nSPS) is 18.6. The van der Waals surface area contributed by atoms with Crippen molar-refractivity contribution in [2.75, 3.05) is 23.3 Å². The topological polar surface area (TPSA) is 73.5 Å². The molecule has 1 aliphatic heterocycles. The molecule has 24 heavy (non-hydrogen) atoms. The van der Waals surface area contributed by atoms with Crippen LogP contribution in [-0.2, 0) is 4.79 Å². The van der Waals surface area contributed by atoms with Crippen LogP contribution >= 0.6 is 0 Å². The van der Waals surface area contributed by atoms with Crippen LogP contribution < -0.4 is 21.1 Å². The van der Waals surface area contributed by atoms with Crippen LogP contribution in [0.1, 0.15) is 39.0 Å². The molecule has 2 fully saturated rings. The van der Waals surface area contributed by atoms with Gasteiger partial charge in [0, 0.05) is 30.4 Å². The quantitative estimate of drug-likeness (QED) is 0.746. The SMILES string of the molecule is CC1CCN(c2cccc(NC(=O)NNC(=O)C3CCC3)c2)CC1. The molecule has 0 aromatic heterocycles. The van der Waals surface area contributed by atoms with Crippen LogP contribution in [0.3, 0.4) is 0 Å². The first-order valence-corrected chi connectivity index (χ1v) is 8.83. The molecule has 130 valence electrons. The van der Waals surface area contributed by atoms with E-state index in [1.54, 1.807) is 0 Å². The summed E-state index contributed by atoms with van der Waals surface area (Å²) in [5.74, 6) is 0.732. The molecule has 0 radical (unpaired) electrons. The van der Waals surface area contributed by atoms with E-state index in [0.29, 0.717) is 0 Å². The van der Waals surface area contributed by atoms with E-state index < -0.39 is 6.03 Å². The Balaban J connectivity index is 1.50. The number of carbonyl (C=O) groups excluding carboxylic acids is 2. The summed E-state index contributed by atoms with van der Waals surface area (Å²) < 4.78 is 0. The zero-order valence-electron chi connectivity index (χ0n) is 14.2.